The normalized spacial score (nSPS) is 11.9. The van der Waals surface area contributed by atoms with Gasteiger partial charge in [-0.05, 0) is 61.9 Å². The van der Waals surface area contributed by atoms with Crippen LogP contribution in [0.4, 0.5) is 18.9 Å². The van der Waals surface area contributed by atoms with E-state index in [0.29, 0.717) is 16.7 Å². The number of hydrogen-bond acceptors (Lipinski definition) is 5. The summed E-state index contributed by atoms with van der Waals surface area (Å²) in [5.41, 5.74) is 0.346. The van der Waals surface area contributed by atoms with Gasteiger partial charge in [0.05, 0.1) is 27.4 Å². The van der Waals surface area contributed by atoms with E-state index in [9.17, 15) is 26.4 Å². The van der Waals surface area contributed by atoms with Crippen molar-refractivity contribution < 1.29 is 26.4 Å². The molecule has 2 aromatic carbocycles. The first-order valence-corrected chi connectivity index (χ1v) is 12.2. The van der Waals surface area contributed by atoms with Crippen LogP contribution in [-0.2, 0) is 22.7 Å². The summed E-state index contributed by atoms with van der Waals surface area (Å²) in [4.78, 5) is 21.0. The van der Waals surface area contributed by atoms with Gasteiger partial charge in [-0.25, -0.2) is 18.4 Å². The minimum absolute atomic E-state index is 0.141. The van der Waals surface area contributed by atoms with E-state index in [2.05, 4.69) is 15.3 Å². The number of aryl methyl sites for hydroxylation is 2. The van der Waals surface area contributed by atoms with Gasteiger partial charge in [-0.15, -0.1) is 0 Å². The number of sulfonamides is 1. The van der Waals surface area contributed by atoms with E-state index in [-0.39, 0.29) is 22.6 Å². The van der Waals surface area contributed by atoms with E-state index >= 15 is 0 Å². The van der Waals surface area contributed by atoms with Gasteiger partial charge in [-0.3, -0.25) is 9.52 Å². The Hall–Kier alpha value is -3.99. The maximum absolute atomic E-state index is 13.8. The standard InChI is InChI=1S/C25H21F3N4O3S/c1-15-5-8-19(9-6-15)36(34,35)32-22-10-7-17(12-21(22)25(26,27)28)14-30-24(33)20-13-18-4-3-11-29-23(18)31-16(20)2/h3-13,32H,14H2,1-2H3,(H,30,33). The number of carbonyl (C=O) groups is 1. The zero-order chi connectivity index (χ0) is 26.1. The minimum atomic E-state index is -4.84. The molecule has 2 aromatic heterocycles. The minimum Gasteiger partial charge on any atom is -0.348 e. The van der Waals surface area contributed by atoms with Gasteiger partial charge in [0, 0.05) is 18.1 Å². The topological polar surface area (TPSA) is 101 Å². The van der Waals surface area contributed by atoms with Gasteiger partial charge >= 0.3 is 6.18 Å². The number of hydrogen-bond donors (Lipinski definition) is 2. The van der Waals surface area contributed by atoms with Crippen molar-refractivity contribution in [2.24, 2.45) is 0 Å². The Morgan fingerprint density at radius 2 is 1.72 bits per heavy atom. The number of benzene rings is 2. The summed E-state index contributed by atoms with van der Waals surface area (Å²) in [7, 11) is -4.24. The maximum atomic E-state index is 13.8. The van der Waals surface area contributed by atoms with Crippen molar-refractivity contribution in [1.82, 2.24) is 15.3 Å². The van der Waals surface area contributed by atoms with Crippen LogP contribution in [0.2, 0.25) is 0 Å². The lowest BCUT2D eigenvalue weighted by molar-refractivity contribution is -0.136. The maximum Gasteiger partial charge on any atom is 0.418 e. The van der Waals surface area contributed by atoms with E-state index in [1.807, 2.05) is 4.72 Å². The highest BCUT2D eigenvalue weighted by atomic mass is 32.2. The molecular formula is C25H21F3N4O3S. The smallest absolute Gasteiger partial charge is 0.348 e. The zero-order valence-corrected chi connectivity index (χ0v) is 20.0. The molecule has 0 bridgehead atoms. The molecule has 7 nitrogen and oxygen atoms in total. The molecule has 0 aliphatic carbocycles. The Kier molecular flexibility index (Phi) is 6.68. The number of carbonyl (C=O) groups excluding carboxylic acids is 1. The average molecular weight is 515 g/mol. The summed E-state index contributed by atoms with van der Waals surface area (Å²) in [6.45, 7) is 3.19. The van der Waals surface area contributed by atoms with Crippen molar-refractivity contribution >= 4 is 32.7 Å². The van der Waals surface area contributed by atoms with E-state index in [1.165, 1.54) is 18.2 Å². The molecule has 36 heavy (non-hydrogen) atoms. The number of nitrogens with zero attached hydrogens (tertiary/aromatic N) is 2. The lowest BCUT2D eigenvalue weighted by Gasteiger charge is -2.17. The molecule has 0 saturated heterocycles. The van der Waals surface area contributed by atoms with Crippen molar-refractivity contribution in [2.45, 2.75) is 31.5 Å². The Morgan fingerprint density at radius 1 is 1.00 bits per heavy atom. The number of amides is 1. The van der Waals surface area contributed by atoms with E-state index in [1.54, 1.807) is 50.4 Å². The predicted octanol–water partition coefficient (Wildman–Crippen LogP) is 5.00. The molecule has 11 heteroatoms. The van der Waals surface area contributed by atoms with Crippen molar-refractivity contribution in [3.05, 3.63) is 94.8 Å². The van der Waals surface area contributed by atoms with Crippen molar-refractivity contribution in [1.29, 1.82) is 0 Å². The molecule has 0 atom stereocenters. The molecular weight excluding hydrogens is 493 g/mol. The van der Waals surface area contributed by atoms with Crippen LogP contribution < -0.4 is 10.0 Å². The van der Waals surface area contributed by atoms with Crippen LogP contribution >= 0.6 is 0 Å². The summed E-state index contributed by atoms with van der Waals surface area (Å²) >= 11 is 0. The van der Waals surface area contributed by atoms with Gasteiger partial charge in [0.1, 0.15) is 0 Å². The number of rotatable bonds is 6. The lowest BCUT2D eigenvalue weighted by Crippen LogP contribution is -2.24. The summed E-state index contributed by atoms with van der Waals surface area (Å²) in [5.74, 6) is -0.511. The highest BCUT2D eigenvalue weighted by Gasteiger charge is 2.35. The fourth-order valence-corrected chi connectivity index (χ4v) is 4.63. The first kappa shape index (κ1) is 25.1. The van der Waals surface area contributed by atoms with Crippen LogP contribution in [-0.4, -0.2) is 24.3 Å². The molecule has 0 aliphatic rings. The molecule has 2 heterocycles. The third-order valence-electron chi connectivity index (χ3n) is 5.44. The van der Waals surface area contributed by atoms with Gasteiger partial charge in [0.2, 0.25) is 0 Å². The number of fused-ring (bicyclic) bond motifs is 1. The molecule has 186 valence electrons. The van der Waals surface area contributed by atoms with Crippen molar-refractivity contribution in [3.8, 4) is 0 Å². The van der Waals surface area contributed by atoms with Crippen LogP contribution in [0, 0.1) is 13.8 Å². The zero-order valence-electron chi connectivity index (χ0n) is 19.2. The Balaban J connectivity index is 1.56. The largest absolute Gasteiger partial charge is 0.418 e. The summed E-state index contributed by atoms with van der Waals surface area (Å²) < 4.78 is 68.6. The van der Waals surface area contributed by atoms with Gasteiger partial charge in [-0.2, -0.15) is 13.2 Å². The molecule has 0 unspecified atom stereocenters. The third-order valence-corrected chi connectivity index (χ3v) is 6.82. The van der Waals surface area contributed by atoms with Crippen LogP contribution in [0.15, 0.2) is 71.8 Å². The molecule has 4 rings (SSSR count). The van der Waals surface area contributed by atoms with Gasteiger partial charge in [-0.1, -0.05) is 23.8 Å². The van der Waals surface area contributed by atoms with Gasteiger partial charge < -0.3 is 5.32 Å². The number of pyridine rings is 2. The fraction of sp³-hybridized carbons (Fsp3) is 0.160. The molecule has 0 spiro atoms. The molecule has 4 aromatic rings. The Bertz CT molecular complexity index is 1550. The first-order chi connectivity index (χ1) is 16.9. The third kappa shape index (κ3) is 5.46. The summed E-state index contributed by atoms with van der Waals surface area (Å²) in [6.07, 6.45) is -3.26. The SMILES string of the molecule is Cc1ccc(S(=O)(=O)Nc2ccc(CNC(=O)c3cc4cccnc4nc3C)cc2C(F)(F)F)cc1. The Morgan fingerprint density at radius 3 is 2.42 bits per heavy atom. The summed E-state index contributed by atoms with van der Waals surface area (Å²) in [5, 5.41) is 3.24. The summed E-state index contributed by atoms with van der Waals surface area (Å²) in [6, 6.07) is 14.0. The molecule has 2 N–H and O–H groups in total. The predicted molar refractivity (Wildman–Crippen MR) is 129 cm³/mol. The van der Waals surface area contributed by atoms with Crippen LogP contribution in [0.5, 0.6) is 0 Å². The number of anilines is 1. The van der Waals surface area contributed by atoms with E-state index < -0.39 is 33.4 Å². The highest BCUT2D eigenvalue weighted by Crippen LogP contribution is 2.36. The van der Waals surface area contributed by atoms with Crippen molar-refractivity contribution in [2.75, 3.05) is 4.72 Å². The monoisotopic (exact) mass is 514 g/mol. The van der Waals surface area contributed by atoms with Crippen LogP contribution in [0.25, 0.3) is 11.0 Å². The first-order valence-electron chi connectivity index (χ1n) is 10.7. The lowest BCUT2D eigenvalue weighted by atomic mass is 10.1. The van der Waals surface area contributed by atoms with Crippen LogP contribution in [0.3, 0.4) is 0 Å². The quantitative estimate of drug-likeness (QED) is 0.377. The molecule has 0 aliphatic heterocycles. The van der Waals surface area contributed by atoms with Gasteiger partial charge in [0.15, 0.2) is 5.65 Å². The average Bonchev–Trinajstić information content (AvgIpc) is 2.82. The molecule has 1 amide bonds. The fourth-order valence-electron chi connectivity index (χ4n) is 3.55. The van der Waals surface area contributed by atoms with Gasteiger partial charge in [0.25, 0.3) is 15.9 Å². The second-order valence-corrected chi connectivity index (χ2v) is 9.83. The molecule has 0 radical (unpaired) electrons. The number of halogens is 3. The van der Waals surface area contributed by atoms with Crippen LogP contribution in [0.1, 0.15) is 32.7 Å². The van der Waals surface area contributed by atoms with E-state index in [0.717, 1.165) is 17.7 Å². The highest BCUT2D eigenvalue weighted by molar-refractivity contribution is 7.92. The molecule has 0 fully saturated rings. The number of nitrogens with one attached hydrogen (secondary N) is 2. The second-order valence-electron chi connectivity index (χ2n) is 8.15. The number of alkyl halides is 3. The van der Waals surface area contributed by atoms with Crippen molar-refractivity contribution in [3.63, 3.8) is 0 Å². The van der Waals surface area contributed by atoms with E-state index in [4.69, 9.17) is 0 Å². The number of aromatic nitrogens is 2. The second kappa shape index (κ2) is 9.57. The Labute approximate surface area is 205 Å². The molecule has 0 saturated carbocycles.